The number of nitrogens with two attached hydrogens (primary N) is 1. The maximum atomic E-state index is 11.5. The lowest BCUT2D eigenvalue weighted by Gasteiger charge is -2.20. The maximum absolute atomic E-state index is 11.5. The molecule has 0 radical (unpaired) electrons. The lowest BCUT2D eigenvalue weighted by molar-refractivity contribution is -0.131. The summed E-state index contributed by atoms with van der Waals surface area (Å²) in [6.45, 7) is 2.83. The first-order chi connectivity index (χ1) is 6.13. The van der Waals surface area contributed by atoms with Gasteiger partial charge in [-0.1, -0.05) is 13.3 Å². The fraction of sp³-hybridized carbons (Fsp3) is 0.889. The first-order valence-electron chi connectivity index (χ1n) is 4.63. The zero-order valence-electron chi connectivity index (χ0n) is 9.16. The quantitative estimate of drug-likeness (QED) is 0.763. The SMILES string of the molecule is CCCC(N)C(=O)N(C)CCSC.Cl. The predicted molar refractivity (Wildman–Crippen MR) is 66.2 cm³/mol. The van der Waals surface area contributed by atoms with E-state index in [9.17, 15) is 4.79 Å². The zero-order valence-corrected chi connectivity index (χ0v) is 10.8. The van der Waals surface area contributed by atoms with Gasteiger partial charge < -0.3 is 10.6 Å². The molecule has 1 atom stereocenters. The molecule has 1 amide bonds. The highest BCUT2D eigenvalue weighted by molar-refractivity contribution is 7.98. The number of nitrogens with zero attached hydrogens (tertiary/aromatic N) is 1. The first kappa shape index (κ1) is 16.5. The van der Waals surface area contributed by atoms with Crippen molar-refractivity contribution in [2.75, 3.05) is 25.6 Å². The van der Waals surface area contributed by atoms with Crippen molar-refractivity contribution in [2.45, 2.75) is 25.8 Å². The van der Waals surface area contributed by atoms with Gasteiger partial charge in [0, 0.05) is 19.3 Å². The summed E-state index contributed by atoms with van der Waals surface area (Å²) in [5.74, 6) is 1.04. The summed E-state index contributed by atoms with van der Waals surface area (Å²) in [7, 11) is 1.81. The van der Waals surface area contributed by atoms with Gasteiger partial charge in [0.1, 0.15) is 0 Å². The van der Waals surface area contributed by atoms with Gasteiger partial charge in [0.25, 0.3) is 0 Å². The highest BCUT2D eigenvalue weighted by Crippen LogP contribution is 2.00. The number of carbonyl (C=O) groups is 1. The maximum Gasteiger partial charge on any atom is 0.239 e. The largest absolute Gasteiger partial charge is 0.344 e. The molecule has 0 aliphatic carbocycles. The molecule has 0 aromatic carbocycles. The first-order valence-corrected chi connectivity index (χ1v) is 6.02. The van der Waals surface area contributed by atoms with E-state index in [0.29, 0.717) is 0 Å². The lowest BCUT2D eigenvalue weighted by atomic mass is 10.1. The summed E-state index contributed by atoms with van der Waals surface area (Å²) >= 11 is 1.74. The van der Waals surface area contributed by atoms with E-state index in [1.54, 1.807) is 16.7 Å². The Morgan fingerprint density at radius 2 is 2.14 bits per heavy atom. The van der Waals surface area contributed by atoms with Crippen LogP contribution in [0.3, 0.4) is 0 Å². The molecule has 0 saturated heterocycles. The van der Waals surface area contributed by atoms with E-state index in [4.69, 9.17) is 5.73 Å². The summed E-state index contributed by atoms with van der Waals surface area (Å²) in [6, 6.07) is -0.308. The second kappa shape index (κ2) is 9.62. The van der Waals surface area contributed by atoms with Crippen LogP contribution in [-0.2, 0) is 4.79 Å². The topological polar surface area (TPSA) is 46.3 Å². The van der Waals surface area contributed by atoms with Crippen molar-refractivity contribution >= 4 is 30.1 Å². The second-order valence-corrected chi connectivity index (χ2v) is 4.13. The summed E-state index contributed by atoms with van der Waals surface area (Å²) in [4.78, 5) is 13.2. The van der Waals surface area contributed by atoms with Gasteiger partial charge in [0.05, 0.1) is 6.04 Å². The number of halogens is 1. The average molecular weight is 241 g/mol. The smallest absolute Gasteiger partial charge is 0.239 e. The van der Waals surface area contributed by atoms with Crippen molar-refractivity contribution in [2.24, 2.45) is 5.73 Å². The van der Waals surface area contributed by atoms with E-state index in [1.807, 2.05) is 20.2 Å². The van der Waals surface area contributed by atoms with Crippen molar-refractivity contribution in [3.8, 4) is 0 Å². The summed E-state index contributed by atoms with van der Waals surface area (Å²) < 4.78 is 0. The molecule has 2 N–H and O–H groups in total. The molecule has 0 bridgehead atoms. The molecule has 0 heterocycles. The molecule has 0 aromatic heterocycles. The second-order valence-electron chi connectivity index (χ2n) is 3.15. The fourth-order valence-electron chi connectivity index (χ4n) is 1.06. The van der Waals surface area contributed by atoms with Gasteiger partial charge in [-0.2, -0.15) is 11.8 Å². The summed E-state index contributed by atoms with van der Waals surface area (Å²) in [6.07, 6.45) is 3.77. The normalized spacial score (nSPS) is 11.7. The molecule has 0 fully saturated rings. The van der Waals surface area contributed by atoms with E-state index in [0.717, 1.165) is 25.1 Å². The third-order valence-electron chi connectivity index (χ3n) is 1.92. The molecule has 5 heteroatoms. The standard InChI is InChI=1S/C9H20N2OS.ClH/c1-4-5-8(10)9(12)11(2)6-7-13-3;/h8H,4-7,10H2,1-3H3;1H. The third kappa shape index (κ3) is 6.51. The molecule has 14 heavy (non-hydrogen) atoms. The third-order valence-corrected chi connectivity index (χ3v) is 2.51. The fourth-order valence-corrected chi connectivity index (χ4v) is 1.51. The average Bonchev–Trinajstić information content (AvgIpc) is 2.13. The summed E-state index contributed by atoms with van der Waals surface area (Å²) in [5.41, 5.74) is 5.70. The van der Waals surface area contributed by atoms with Gasteiger partial charge >= 0.3 is 0 Å². The van der Waals surface area contributed by atoms with Crippen LogP contribution in [0.1, 0.15) is 19.8 Å². The molecule has 1 unspecified atom stereocenters. The zero-order chi connectivity index (χ0) is 10.3. The van der Waals surface area contributed by atoms with Crippen LogP contribution in [0.15, 0.2) is 0 Å². The van der Waals surface area contributed by atoms with Gasteiger partial charge in [-0.05, 0) is 12.7 Å². The van der Waals surface area contributed by atoms with Crippen LogP contribution in [-0.4, -0.2) is 42.4 Å². The van der Waals surface area contributed by atoms with Gasteiger partial charge in [-0.3, -0.25) is 4.79 Å². The number of amides is 1. The molecule has 0 rings (SSSR count). The Morgan fingerprint density at radius 3 is 2.57 bits per heavy atom. The highest BCUT2D eigenvalue weighted by Gasteiger charge is 2.15. The Balaban J connectivity index is 0. The van der Waals surface area contributed by atoms with Crippen molar-refractivity contribution in [3.63, 3.8) is 0 Å². The van der Waals surface area contributed by atoms with Gasteiger partial charge in [-0.25, -0.2) is 0 Å². The number of carbonyl (C=O) groups excluding carboxylic acids is 1. The lowest BCUT2D eigenvalue weighted by Crippen LogP contribution is -2.42. The number of hydrogen-bond donors (Lipinski definition) is 1. The van der Waals surface area contributed by atoms with Gasteiger partial charge in [0.15, 0.2) is 0 Å². The van der Waals surface area contributed by atoms with Crippen molar-refractivity contribution in [1.82, 2.24) is 4.90 Å². The van der Waals surface area contributed by atoms with Crippen LogP contribution in [0, 0.1) is 0 Å². The van der Waals surface area contributed by atoms with Gasteiger partial charge in [-0.15, -0.1) is 12.4 Å². The molecule has 0 aliphatic heterocycles. The minimum Gasteiger partial charge on any atom is -0.344 e. The Morgan fingerprint density at radius 1 is 1.57 bits per heavy atom. The van der Waals surface area contributed by atoms with E-state index in [-0.39, 0.29) is 24.4 Å². The van der Waals surface area contributed by atoms with Crippen LogP contribution in [0.5, 0.6) is 0 Å². The number of thioether (sulfide) groups is 1. The molecular weight excluding hydrogens is 220 g/mol. The van der Waals surface area contributed by atoms with Crippen molar-refractivity contribution in [3.05, 3.63) is 0 Å². The Bertz CT molecular complexity index is 158. The van der Waals surface area contributed by atoms with Crippen LogP contribution in [0.4, 0.5) is 0 Å². The molecular formula is C9H21ClN2OS. The summed E-state index contributed by atoms with van der Waals surface area (Å²) in [5, 5.41) is 0. The minimum atomic E-state index is -0.308. The van der Waals surface area contributed by atoms with Crippen molar-refractivity contribution < 1.29 is 4.79 Å². The molecule has 3 nitrogen and oxygen atoms in total. The van der Waals surface area contributed by atoms with E-state index < -0.39 is 0 Å². The van der Waals surface area contributed by atoms with Crippen LogP contribution >= 0.6 is 24.2 Å². The number of rotatable bonds is 6. The molecule has 0 saturated carbocycles. The number of hydrogen-bond acceptors (Lipinski definition) is 3. The molecule has 0 spiro atoms. The monoisotopic (exact) mass is 240 g/mol. The molecule has 86 valence electrons. The van der Waals surface area contributed by atoms with Gasteiger partial charge in [0.2, 0.25) is 5.91 Å². The predicted octanol–water partition coefficient (Wildman–Crippen LogP) is 1.36. The molecule has 0 aromatic rings. The highest BCUT2D eigenvalue weighted by atomic mass is 35.5. The van der Waals surface area contributed by atoms with Crippen LogP contribution in [0.2, 0.25) is 0 Å². The van der Waals surface area contributed by atoms with E-state index in [2.05, 4.69) is 0 Å². The Kier molecular flexibility index (Phi) is 11.3. The van der Waals surface area contributed by atoms with Crippen LogP contribution in [0.25, 0.3) is 0 Å². The Hall–Kier alpha value is 0.0700. The number of likely N-dealkylation sites (N-methyl/N-ethyl adjacent to an activating group) is 1. The minimum absolute atomic E-state index is 0. The van der Waals surface area contributed by atoms with E-state index >= 15 is 0 Å². The Labute approximate surface area is 97.2 Å². The molecule has 0 aliphatic rings. The van der Waals surface area contributed by atoms with E-state index in [1.165, 1.54) is 0 Å². The van der Waals surface area contributed by atoms with Crippen molar-refractivity contribution in [1.29, 1.82) is 0 Å². The van der Waals surface area contributed by atoms with Crippen LogP contribution < -0.4 is 5.73 Å².